The SMILES string of the molecule is CONCc1cc(Cl)c(OC2CCCC2)c(OC)c1. The molecule has 2 rings (SSSR count). The first-order valence-corrected chi connectivity index (χ1v) is 6.91. The lowest BCUT2D eigenvalue weighted by Gasteiger charge is -2.18. The van der Waals surface area contributed by atoms with Gasteiger partial charge in [0.2, 0.25) is 0 Å². The van der Waals surface area contributed by atoms with Gasteiger partial charge in [-0.2, -0.15) is 5.48 Å². The Morgan fingerprint density at radius 3 is 2.63 bits per heavy atom. The van der Waals surface area contributed by atoms with Crippen molar-refractivity contribution < 1.29 is 14.3 Å². The highest BCUT2D eigenvalue weighted by Gasteiger charge is 2.20. The van der Waals surface area contributed by atoms with Gasteiger partial charge in [0, 0.05) is 6.54 Å². The third kappa shape index (κ3) is 3.75. The molecule has 0 heterocycles. The Morgan fingerprint density at radius 2 is 2.00 bits per heavy atom. The summed E-state index contributed by atoms with van der Waals surface area (Å²) >= 11 is 6.30. The van der Waals surface area contributed by atoms with Crippen LogP contribution in [-0.2, 0) is 11.4 Å². The van der Waals surface area contributed by atoms with Crippen LogP contribution in [0.3, 0.4) is 0 Å². The van der Waals surface area contributed by atoms with Gasteiger partial charge in [-0.3, -0.25) is 0 Å². The van der Waals surface area contributed by atoms with Crippen molar-refractivity contribution in [3.05, 3.63) is 22.7 Å². The van der Waals surface area contributed by atoms with Gasteiger partial charge in [-0.1, -0.05) is 11.6 Å². The maximum atomic E-state index is 6.30. The molecule has 0 unspecified atom stereocenters. The molecule has 1 aliphatic carbocycles. The van der Waals surface area contributed by atoms with Crippen molar-refractivity contribution in [3.63, 3.8) is 0 Å². The molecular weight excluding hydrogens is 266 g/mol. The Hall–Kier alpha value is -0.970. The third-order valence-electron chi connectivity index (χ3n) is 3.30. The van der Waals surface area contributed by atoms with Crippen LogP contribution in [0.1, 0.15) is 31.2 Å². The van der Waals surface area contributed by atoms with Gasteiger partial charge in [-0.15, -0.1) is 0 Å². The zero-order valence-corrected chi connectivity index (χ0v) is 12.1. The van der Waals surface area contributed by atoms with E-state index in [9.17, 15) is 0 Å². The summed E-state index contributed by atoms with van der Waals surface area (Å²) in [5.74, 6) is 1.32. The molecule has 1 aliphatic rings. The number of hydrogen-bond donors (Lipinski definition) is 1. The molecule has 1 fully saturated rings. The number of halogens is 1. The molecule has 1 saturated carbocycles. The molecule has 1 aromatic rings. The number of hydrogen-bond acceptors (Lipinski definition) is 4. The summed E-state index contributed by atoms with van der Waals surface area (Å²) < 4.78 is 11.4. The average Bonchev–Trinajstić information content (AvgIpc) is 2.91. The number of methoxy groups -OCH3 is 1. The minimum Gasteiger partial charge on any atom is -0.493 e. The lowest BCUT2D eigenvalue weighted by molar-refractivity contribution is 0.0866. The van der Waals surface area contributed by atoms with Crippen LogP contribution in [0.5, 0.6) is 11.5 Å². The Balaban J connectivity index is 2.16. The first kappa shape index (κ1) is 14.4. The molecule has 4 nitrogen and oxygen atoms in total. The molecule has 0 saturated heterocycles. The summed E-state index contributed by atoms with van der Waals surface area (Å²) in [6, 6.07) is 3.79. The Labute approximate surface area is 118 Å². The molecule has 1 N–H and O–H groups in total. The maximum Gasteiger partial charge on any atom is 0.180 e. The molecule has 0 aliphatic heterocycles. The summed E-state index contributed by atoms with van der Waals surface area (Å²) in [7, 11) is 3.21. The largest absolute Gasteiger partial charge is 0.493 e. The molecule has 106 valence electrons. The molecule has 0 spiro atoms. The fourth-order valence-electron chi connectivity index (χ4n) is 2.32. The van der Waals surface area contributed by atoms with Gasteiger partial charge >= 0.3 is 0 Å². The van der Waals surface area contributed by atoms with Crippen molar-refractivity contribution in [2.45, 2.75) is 38.3 Å². The minimum absolute atomic E-state index is 0.259. The Morgan fingerprint density at radius 1 is 1.26 bits per heavy atom. The van der Waals surface area contributed by atoms with Gasteiger partial charge < -0.3 is 14.3 Å². The van der Waals surface area contributed by atoms with Gasteiger partial charge in [0.05, 0.1) is 25.3 Å². The van der Waals surface area contributed by atoms with Crippen molar-refractivity contribution >= 4 is 11.6 Å². The molecule has 19 heavy (non-hydrogen) atoms. The number of ether oxygens (including phenoxy) is 2. The number of benzene rings is 1. The normalized spacial score (nSPS) is 15.7. The van der Waals surface area contributed by atoms with E-state index in [1.165, 1.54) is 12.8 Å². The van der Waals surface area contributed by atoms with Gasteiger partial charge in [-0.25, -0.2) is 0 Å². The summed E-state index contributed by atoms with van der Waals surface area (Å²) in [5, 5.41) is 0.583. The highest BCUT2D eigenvalue weighted by molar-refractivity contribution is 6.32. The molecule has 0 radical (unpaired) electrons. The second-order valence-electron chi connectivity index (χ2n) is 4.66. The smallest absolute Gasteiger partial charge is 0.180 e. The van der Waals surface area contributed by atoms with Crippen LogP contribution in [0.15, 0.2) is 12.1 Å². The number of hydroxylamine groups is 1. The van der Waals surface area contributed by atoms with E-state index in [2.05, 4.69) is 5.48 Å². The summed E-state index contributed by atoms with van der Waals surface area (Å²) in [4.78, 5) is 4.83. The molecule has 5 heteroatoms. The second kappa shape index (κ2) is 6.98. The van der Waals surface area contributed by atoms with Crippen molar-refractivity contribution in [1.29, 1.82) is 0 Å². The van der Waals surface area contributed by atoms with E-state index in [0.717, 1.165) is 18.4 Å². The van der Waals surface area contributed by atoms with Crippen LogP contribution in [0.4, 0.5) is 0 Å². The van der Waals surface area contributed by atoms with Crippen LogP contribution in [0, 0.1) is 0 Å². The quantitative estimate of drug-likeness (QED) is 0.814. The summed E-state index contributed by atoms with van der Waals surface area (Å²) in [6.07, 6.45) is 4.88. The molecular formula is C14H20ClNO3. The highest BCUT2D eigenvalue weighted by atomic mass is 35.5. The maximum absolute atomic E-state index is 6.30. The van der Waals surface area contributed by atoms with Crippen molar-refractivity contribution in [2.24, 2.45) is 0 Å². The summed E-state index contributed by atoms with van der Waals surface area (Å²) in [6.45, 7) is 0.566. The monoisotopic (exact) mass is 285 g/mol. The van der Waals surface area contributed by atoms with Crippen LogP contribution in [-0.4, -0.2) is 20.3 Å². The predicted octanol–water partition coefficient (Wildman–Crippen LogP) is 3.32. The zero-order chi connectivity index (χ0) is 13.7. The average molecular weight is 286 g/mol. The van der Waals surface area contributed by atoms with Crippen LogP contribution in [0.25, 0.3) is 0 Å². The van der Waals surface area contributed by atoms with Gasteiger partial charge in [0.1, 0.15) is 0 Å². The fourth-order valence-corrected chi connectivity index (χ4v) is 2.60. The Kier molecular flexibility index (Phi) is 5.31. The lowest BCUT2D eigenvalue weighted by Crippen LogP contribution is -2.13. The molecule has 0 bridgehead atoms. The van der Waals surface area contributed by atoms with E-state index in [1.54, 1.807) is 14.2 Å². The summed E-state index contributed by atoms with van der Waals surface area (Å²) in [5.41, 5.74) is 3.77. The van der Waals surface area contributed by atoms with Crippen LogP contribution < -0.4 is 15.0 Å². The number of nitrogens with one attached hydrogen (secondary N) is 1. The van der Waals surface area contributed by atoms with E-state index in [4.69, 9.17) is 25.9 Å². The fraction of sp³-hybridized carbons (Fsp3) is 0.571. The first-order chi connectivity index (χ1) is 9.24. The standard InChI is InChI=1S/C14H20ClNO3/c1-17-13-8-10(9-16-18-2)7-12(15)14(13)19-11-5-3-4-6-11/h7-8,11,16H,3-6,9H2,1-2H3. The van der Waals surface area contributed by atoms with Gasteiger partial charge in [-0.05, 0) is 43.4 Å². The number of rotatable bonds is 6. The van der Waals surface area contributed by atoms with Crippen LogP contribution in [0.2, 0.25) is 5.02 Å². The second-order valence-corrected chi connectivity index (χ2v) is 5.07. The van der Waals surface area contributed by atoms with Crippen LogP contribution >= 0.6 is 11.6 Å². The highest BCUT2D eigenvalue weighted by Crippen LogP contribution is 2.38. The lowest BCUT2D eigenvalue weighted by atomic mass is 10.2. The van der Waals surface area contributed by atoms with Gasteiger partial charge in [0.25, 0.3) is 0 Å². The van der Waals surface area contributed by atoms with Gasteiger partial charge in [0.15, 0.2) is 11.5 Å². The van der Waals surface area contributed by atoms with Crippen molar-refractivity contribution in [3.8, 4) is 11.5 Å². The van der Waals surface area contributed by atoms with E-state index >= 15 is 0 Å². The van der Waals surface area contributed by atoms with Crippen molar-refractivity contribution in [2.75, 3.05) is 14.2 Å². The predicted molar refractivity (Wildman–Crippen MR) is 74.7 cm³/mol. The zero-order valence-electron chi connectivity index (χ0n) is 11.4. The molecule has 0 aromatic heterocycles. The molecule has 1 aromatic carbocycles. The first-order valence-electron chi connectivity index (χ1n) is 6.53. The van der Waals surface area contributed by atoms with E-state index in [-0.39, 0.29) is 6.10 Å². The van der Waals surface area contributed by atoms with E-state index in [1.807, 2.05) is 12.1 Å². The topological polar surface area (TPSA) is 39.7 Å². The molecule has 0 amide bonds. The third-order valence-corrected chi connectivity index (χ3v) is 3.58. The Bertz CT molecular complexity index is 419. The minimum atomic E-state index is 0.259. The van der Waals surface area contributed by atoms with Crippen molar-refractivity contribution in [1.82, 2.24) is 5.48 Å². The molecule has 0 atom stereocenters. The van der Waals surface area contributed by atoms with E-state index < -0.39 is 0 Å². The van der Waals surface area contributed by atoms with E-state index in [0.29, 0.717) is 23.1 Å².